The Bertz CT molecular complexity index is 911. The molecule has 1 aliphatic rings. The Balaban J connectivity index is 1.91. The van der Waals surface area contributed by atoms with Gasteiger partial charge in [-0.1, -0.05) is 6.92 Å². The second-order valence-electron chi connectivity index (χ2n) is 6.28. The Morgan fingerprint density at radius 2 is 1.92 bits per heavy atom. The standard InChI is InChI=1S/C19H21FN2O3S/c1-2-4-19(23)21-16-8-11-18-14(13-16)5-3-12-22(18)26(24,25)17-9-6-15(20)7-10-17/h6-11,13H,2-5,12H2,1H3,(H,21,23). The van der Waals surface area contributed by atoms with Crippen LogP contribution in [0.15, 0.2) is 47.4 Å². The number of aryl methyl sites for hydroxylation is 1. The third kappa shape index (κ3) is 3.72. The highest BCUT2D eigenvalue weighted by Gasteiger charge is 2.29. The van der Waals surface area contributed by atoms with Crippen molar-refractivity contribution in [3.63, 3.8) is 0 Å². The minimum absolute atomic E-state index is 0.0564. The zero-order chi connectivity index (χ0) is 18.7. The number of halogens is 1. The normalized spacial score (nSPS) is 14.0. The first-order valence-corrected chi connectivity index (χ1v) is 10.1. The number of nitrogens with zero attached hydrogens (tertiary/aromatic N) is 1. The van der Waals surface area contributed by atoms with Crippen molar-refractivity contribution >= 4 is 27.3 Å². The molecule has 26 heavy (non-hydrogen) atoms. The van der Waals surface area contributed by atoms with Crippen LogP contribution in [0, 0.1) is 5.82 Å². The fraction of sp³-hybridized carbons (Fsp3) is 0.316. The van der Waals surface area contributed by atoms with Gasteiger partial charge < -0.3 is 5.32 Å². The molecule has 0 aromatic heterocycles. The number of carbonyl (C=O) groups is 1. The van der Waals surface area contributed by atoms with Gasteiger partial charge in [-0.15, -0.1) is 0 Å². The number of anilines is 2. The molecule has 0 saturated heterocycles. The summed E-state index contributed by atoms with van der Waals surface area (Å²) in [6, 6.07) is 10.1. The van der Waals surface area contributed by atoms with E-state index in [-0.39, 0.29) is 10.8 Å². The molecule has 0 radical (unpaired) electrons. The minimum Gasteiger partial charge on any atom is -0.326 e. The first-order chi connectivity index (χ1) is 12.4. The summed E-state index contributed by atoms with van der Waals surface area (Å²) < 4.78 is 40.4. The van der Waals surface area contributed by atoms with Crippen molar-refractivity contribution in [2.45, 2.75) is 37.5 Å². The van der Waals surface area contributed by atoms with Gasteiger partial charge >= 0.3 is 0 Å². The first kappa shape index (κ1) is 18.4. The second kappa shape index (κ2) is 7.45. The van der Waals surface area contributed by atoms with Crippen molar-refractivity contribution in [2.75, 3.05) is 16.2 Å². The summed E-state index contributed by atoms with van der Waals surface area (Å²) in [4.78, 5) is 11.8. The van der Waals surface area contributed by atoms with Crippen molar-refractivity contribution in [3.05, 3.63) is 53.8 Å². The number of nitrogens with one attached hydrogen (secondary N) is 1. The van der Waals surface area contributed by atoms with Crippen LogP contribution in [-0.4, -0.2) is 20.9 Å². The molecule has 7 heteroatoms. The lowest BCUT2D eigenvalue weighted by Gasteiger charge is -2.31. The SMILES string of the molecule is CCCC(=O)Nc1ccc2c(c1)CCCN2S(=O)(=O)c1ccc(F)cc1. The zero-order valence-electron chi connectivity index (χ0n) is 14.5. The van der Waals surface area contributed by atoms with Gasteiger partial charge in [-0.05, 0) is 67.3 Å². The van der Waals surface area contributed by atoms with Gasteiger partial charge in [0.05, 0.1) is 10.6 Å². The Labute approximate surface area is 152 Å². The van der Waals surface area contributed by atoms with Crippen molar-refractivity contribution in [1.82, 2.24) is 0 Å². The van der Waals surface area contributed by atoms with Gasteiger partial charge in [0.25, 0.3) is 10.0 Å². The van der Waals surface area contributed by atoms with E-state index in [2.05, 4.69) is 5.32 Å². The number of benzene rings is 2. The van der Waals surface area contributed by atoms with Crippen LogP contribution in [0.1, 0.15) is 31.7 Å². The molecule has 0 bridgehead atoms. The molecule has 1 N–H and O–H groups in total. The number of hydrogen-bond acceptors (Lipinski definition) is 3. The van der Waals surface area contributed by atoms with E-state index in [1.165, 1.54) is 16.4 Å². The Morgan fingerprint density at radius 1 is 1.19 bits per heavy atom. The quantitative estimate of drug-likeness (QED) is 0.865. The van der Waals surface area contributed by atoms with Crippen LogP contribution in [-0.2, 0) is 21.2 Å². The van der Waals surface area contributed by atoms with E-state index in [1.807, 2.05) is 13.0 Å². The van der Waals surface area contributed by atoms with Crippen LogP contribution < -0.4 is 9.62 Å². The summed E-state index contributed by atoms with van der Waals surface area (Å²) in [6.45, 7) is 2.30. The van der Waals surface area contributed by atoms with Gasteiger partial charge in [0.2, 0.25) is 5.91 Å². The second-order valence-corrected chi connectivity index (χ2v) is 8.14. The van der Waals surface area contributed by atoms with E-state index < -0.39 is 15.8 Å². The van der Waals surface area contributed by atoms with E-state index in [9.17, 15) is 17.6 Å². The summed E-state index contributed by atoms with van der Waals surface area (Å²) >= 11 is 0. The fourth-order valence-corrected chi connectivity index (χ4v) is 4.62. The number of amides is 1. The van der Waals surface area contributed by atoms with Crippen LogP contribution in [0.5, 0.6) is 0 Å². The number of hydrogen-bond donors (Lipinski definition) is 1. The number of carbonyl (C=O) groups excluding carboxylic acids is 1. The maximum absolute atomic E-state index is 13.1. The highest BCUT2D eigenvalue weighted by molar-refractivity contribution is 7.92. The van der Waals surface area contributed by atoms with Crippen LogP contribution in [0.25, 0.3) is 0 Å². The zero-order valence-corrected chi connectivity index (χ0v) is 15.4. The maximum atomic E-state index is 13.1. The fourth-order valence-electron chi connectivity index (χ4n) is 3.07. The van der Waals surface area contributed by atoms with Crippen molar-refractivity contribution in [3.8, 4) is 0 Å². The Morgan fingerprint density at radius 3 is 2.62 bits per heavy atom. The molecule has 1 heterocycles. The lowest BCUT2D eigenvalue weighted by Crippen LogP contribution is -2.35. The topological polar surface area (TPSA) is 66.5 Å². The highest BCUT2D eigenvalue weighted by Crippen LogP contribution is 2.33. The number of sulfonamides is 1. The predicted molar refractivity (Wildman–Crippen MR) is 99.2 cm³/mol. The van der Waals surface area contributed by atoms with Gasteiger partial charge in [-0.2, -0.15) is 0 Å². The molecule has 1 amide bonds. The summed E-state index contributed by atoms with van der Waals surface area (Å²) in [5, 5.41) is 2.84. The van der Waals surface area contributed by atoms with Crippen LogP contribution >= 0.6 is 0 Å². The minimum atomic E-state index is -3.76. The largest absolute Gasteiger partial charge is 0.326 e. The lowest BCUT2D eigenvalue weighted by molar-refractivity contribution is -0.116. The summed E-state index contributed by atoms with van der Waals surface area (Å²) in [5.41, 5.74) is 2.15. The van der Waals surface area contributed by atoms with E-state index in [1.54, 1.807) is 12.1 Å². The molecule has 2 aromatic carbocycles. The summed E-state index contributed by atoms with van der Waals surface area (Å²) in [7, 11) is -3.76. The monoisotopic (exact) mass is 376 g/mol. The summed E-state index contributed by atoms with van der Waals surface area (Å²) in [5.74, 6) is -0.533. The van der Waals surface area contributed by atoms with Crippen LogP contribution in [0.4, 0.5) is 15.8 Å². The molecule has 1 aliphatic heterocycles. The van der Waals surface area contributed by atoms with Crippen molar-refractivity contribution < 1.29 is 17.6 Å². The molecule has 0 aliphatic carbocycles. The van der Waals surface area contributed by atoms with Crippen molar-refractivity contribution in [1.29, 1.82) is 0 Å². The molecule has 0 saturated carbocycles. The number of fused-ring (bicyclic) bond motifs is 1. The lowest BCUT2D eigenvalue weighted by atomic mass is 10.0. The molecule has 0 fully saturated rings. The van der Waals surface area contributed by atoms with E-state index in [0.717, 1.165) is 30.5 Å². The molecule has 0 atom stereocenters. The molecule has 3 rings (SSSR count). The molecular weight excluding hydrogens is 355 g/mol. The average Bonchev–Trinajstić information content (AvgIpc) is 2.61. The number of rotatable bonds is 5. The van der Waals surface area contributed by atoms with E-state index >= 15 is 0 Å². The van der Waals surface area contributed by atoms with Gasteiger partial charge in [0, 0.05) is 18.7 Å². The van der Waals surface area contributed by atoms with E-state index in [0.29, 0.717) is 30.8 Å². The van der Waals surface area contributed by atoms with Gasteiger partial charge in [-0.3, -0.25) is 9.10 Å². The van der Waals surface area contributed by atoms with Crippen molar-refractivity contribution in [2.24, 2.45) is 0 Å². The summed E-state index contributed by atoms with van der Waals surface area (Å²) in [6.07, 6.45) is 2.63. The molecule has 2 aromatic rings. The Hall–Kier alpha value is -2.41. The Kier molecular flexibility index (Phi) is 5.27. The third-order valence-corrected chi connectivity index (χ3v) is 6.15. The molecule has 0 spiro atoms. The smallest absolute Gasteiger partial charge is 0.264 e. The highest BCUT2D eigenvalue weighted by atomic mass is 32.2. The van der Waals surface area contributed by atoms with Gasteiger partial charge in [-0.25, -0.2) is 12.8 Å². The molecule has 0 unspecified atom stereocenters. The van der Waals surface area contributed by atoms with E-state index in [4.69, 9.17) is 0 Å². The predicted octanol–water partition coefficient (Wildman–Crippen LogP) is 3.71. The molecule has 138 valence electrons. The maximum Gasteiger partial charge on any atom is 0.264 e. The average molecular weight is 376 g/mol. The molecular formula is C19H21FN2O3S. The van der Waals surface area contributed by atoms with Crippen LogP contribution in [0.2, 0.25) is 0 Å². The molecule has 5 nitrogen and oxygen atoms in total. The third-order valence-electron chi connectivity index (χ3n) is 4.32. The van der Waals surface area contributed by atoms with Gasteiger partial charge in [0.1, 0.15) is 5.82 Å². The first-order valence-electron chi connectivity index (χ1n) is 8.63. The van der Waals surface area contributed by atoms with Gasteiger partial charge in [0.15, 0.2) is 0 Å². The van der Waals surface area contributed by atoms with Crippen LogP contribution in [0.3, 0.4) is 0 Å².